The van der Waals surface area contributed by atoms with Gasteiger partial charge in [-0.1, -0.05) is 54.5 Å². The number of hydrogen-bond acceptors (Lipinski definition) is 3. The fourth-order valence-corrected chi connectivity index (χ4v) is 2.46. The first-order valence-corrected chi connectivity index (χ1v) is 6.80. The molecule has 21 heavy (non-hydrogen) atoms. The third-order valence-electron chi connectivity index (χ3n) is 3.50. The van der Waals surface area contributed by atoms with Crippen LogP contribution in [0, 0.1) is 5.82 Å². The number of nitrogens with zero attached hydrogens (tertiary/aromatic N) is 1. The molecule has 0 amide bonds. The highest BCUT2D eigenvalue weighted by Crippen LogP contribution is 2.39. The Hall–Kier alpha value is -2.62. The summed E-state index contributed by atoms with van der Waals surface area (Å²) in [6, 6.07) is 14.3. The van der Waals surface area contributed by atoms with E-state index in [9.17, 15) is 4.39 Å². The molecule has 3 rings (SSSR count). The number of nitrogens with two attached hydrogens (primary N) is 1. The standard InChI is InChI=1S/C17H15FN2O/c1-2-11-7-3-4-8-12(11)16-15(17(19)20-21-16)13-9-5-6-10-14(13)18/h3-10H,2H2,1H3,(H2,19,20). The smallest absolute Gasteiger partial charge is 0.177 e. The quantitative estimate of drug-likeness (QED) is 0.779. The summed E-state index contributed by atoms with van der Waals surface area (Å²) >= 11 is 0. The molecule has 0 spiro atoms. The Bertz CT molecular complexity index is 780. The van der Waals surface area contributed by atoms with Crippen LogP contribution in [-0.2, 0) is 6.42 Å². The van der Waals surface area contributed by atoms with Gasteiger partial charge >= 0.3 is 0 Å². The SMILES string of the molecule is CCc1ccccc1-c1onc(N)c1-c1ccccc1F. The molecule has 3 aromatic rings. The highest BCUT2D eigenvalue weighted by molar-refractivity contribution is 5.87. The average molecular weight is 282 g/mol. The lowest BCUT2D eigenvalue weighted by atomic mass is 9.97. The molecule has 3 nitrogen and oxygen atoms in total. The molecule has 1 aromatic heterocycles. The summed E-state index contributed by atoms with van der Waals surface area (Å²) in [7, 11) is 0. The van der Waals surface area contributed by atoms with Crippen LogP contribution in [0.15, 0.2) is 53.1 Å². The third kappa shape index (κ3) is 2.29. The number of nitrogen functional groups attached to an aromatic ring is 1. The summed E-state index contributed by atoms with van der Waals surface area (Å²) in [6.45, 7) is 2.06. The molecule has 4 heteroatoms. The van der Waals surface area contributed by atoms with Gasteiger partial charge in [0.25, 0.3) is 0 Å². The van der Waals surface area contributed by atoms with Crippen molar-refractivity contribution in [2.24, 2.45) is 0 Å². The van der Waals surface area contributed by atoms with Gasteiger partial charge in [0.15, 0.2) is 11.6 Å². The van der Waals surface area contributed by atoms with E-state index in [4.69, 9.17) is 10.3 Å². The monoisotopic (exact) mass is 282 g/mol. The molecule has 0 bridgehead atoms. The van der Waals surface area contributed by atoms with Crippen LogP contribution in [-0.4, -0.2) is 5.16 Å². The zero-order valence-corrected chi connectivity index (χ0v) is 11.6. The molecule has 0 unspecified atom stereocenters. The van der Waals surface area contributed by atoms with Crippen LogP contribution in [0.5, 0.6) is 0 Å². The zero-order valence-electron chi connectivity index (χ0n) is 11.6. The minimum Gasteiger partial charge on any atom is -0.380 e. The lowest BCUT2D eigenvalue weighted by molar-refractivity contribution is 0.435. The lowest BCUT2D eigenvalue weighted by Gasteiger charge is -2.07. The van der Waals surface area contributed by atoms with Gasteiger partial charge in [0, 0.05) is 11.1 Å². The van der Waals surface area contributed by atoms with Gasteiger partial charge in [-0.15, -0.1) is 0 Å². The number of hydrogen-bond donors (Lipinski definition) is 1. The minimum absolute atomic E-state index is 0.195. The predicted molar refractivity (Wildman–Crippen MR) is 81.1 cm³/mol. The molecule has 2 N–H and O–H groups in total. The normalized spacial score (nSPS) is 10.8. The van der Waals surface area contributed by atoms with Gasteiger partial charge in [-0.3, -0.25) is 0 Å². The average Bonchev–Trinajstić information content (AvgIpc) is 2.89. The van der Waals surface area contributed by atoms with Crippen molar-refractivity contribution >= 4 is 5.82 Å². The Balaban J connectivity index is 2.25. The molecule has 1 heterocycles. The molecule has 0 radical (unpaired) electrons. The minimum atomic E-state index is -0.345. The van der Waals surface area contributed by atoms with E-state index in [-0.39, 0.29) is 11.6 Å². The van der Waals surface area contributed by atoms with Crippen LogP contribution < -0.4 is 5.73 Å². The number of anilines is 1. The van der Waals surface area contributed by atoms with E-state index in [1.165, 1.54) is 6.07 Å². The van der Waals surface area contributed by atoms with Crippen LogP contribution in [0.25, 0.3) is 22.5 Å². The van der Waals surface area contributed by atoms with E-state index in [1.807, 2.05) is 24.3 Å². The van der Waals surface area contributed by atoms with Crippen LogP contribution in [0.4, 0.5) is 10.2 Å². The Kier molecular flexibility index (Phi) is 3.44. The zero-order chi connectivity index (χ0) is 14.8. The van der Waals surface area contributed by atoms with Crippen LogP contribution in [0.2, 0.25) is 0 Å². The second kappa shape index (κ2) is 5.40. The number of benzene rings is 2. The molecule has 0 saturated heterocycles. The van der Waals surface area contributed by atoms with E-state index >= 15 is 0 Å². The number of aryl methyl sites for hydroxylation is 1. The fourth-order valence-electron chi connectivity index (χ4n) is 2.46. The van der Waals surface area contributed by atoms with Crippen molar-refractivity contribution in [2.75, 3.05) is 5.73 Å². The largest absolute Gasteiger partial charge is 0.380 e. The Morgan fingerprint density at radius 1 is 1.05 bits per heavy atom. The van der Waals surface area contributed by atoms with E-state index in [0.29, 0.717) is 16.9 Å². The molecule has 2 aromatic carbocycles. The Morgan fingerprint density at radius 2 is 1.71 bits per heavy atom. The summed E-state index contributed by atoms with van der Waals surface area (Å²) in [5, 5.41) is 3.82. The molecule has 0 atom stereocenters. The van der Waals surface area contributed by atoms with E-state index in [0.717, 1.165) is 17.5 Å². The predicted octanol–water partition coefficient (Wildman–Crippen LogP) is 4.29. The van der Waals surface area contributed by atoms with E-state index < -0.39 is 0 Å². The van der Waals surface area contributed by atoms with Gasteiger partial charge in [-0.05, 0) is 18.1 Å². The maximum atomic E-state index is 14.1. The van der Waals surface area contributed by atoms with Crippen molar-refractivity contribution in [1.82, 2.24) is 5.16 Å². The summed E-state index contributed by atoms with van der Waals surface area (Å²) in [4.78, 5) is 0. The first-order valence-electron chi connectivity index (χ1n) is 6.80. The molecule has 0 saturated carbocycles. The van der Waals surface area contributed by atoms with Crippen LogP contribution in [0.1, 0.15) is 12.5 Å². The summed E-state index contributed by atoms with van der Waals surface area (Å²) in [6.07, 6.45) is 0.841. The van der Waals surface area contributed by atoms with Crippen molar-refractivity contribution in [3.05, 3.63) is 59.9 Å². The summed E-state index contributed by atoms with van der Waals surface area (Å²) in [5.74, 6) is 0.360. The topological polar surface area (TPSA) is 52.0 Å². The van der Waals surface area contributed by atoms with Crippen molar-refractivity contribution in [3.8, 4) is 22.5 Å². The van der Waals surface area contributed by atoms with Gasteiger partial charge in [-0.2, -0.15) is 0 Å². The van der Waals surface area contributed by atoms with Crippen molar-refractivity contribution in [1.29, 1.82) is 0 Å². The molecular formula is C17H15FN2O. The number of halogens is 1. The molecule has 0 aliphatic rings. The molecular weight excluding hydrogens is 267 g/mol. The van der Waals surface area contributed by atoms with Gasteiger partial charge in [0.2, 0.25) is 0 Å². The molecule has 0 aliphatic heterocycles. The number of aromatic nitrogens is 1. The van der Waals surface area contributed by atoms with Crippen molar-refractivity contribution in [2.45, 2.75) is 13.3 Å². The van der Waals surface area contributed by atoms with Crippen molar-refractivity contribution in [3.63, 3.8) is 0 Å². The molecule has 106 valence electrons. The molecule has 0 fully saturated rings. The van der Waals surface area contributed by atoms with Gasteiger partial charge in [0.05, 0.1) is 5.56 Å². The first kappa shape index (κ1) is 13.4. The lowest BCUT2D eigenvalue weighted by Crippen LogP contribution is -1.93. The number of rotatable bonds is 3. The van der Waals surface area contributed by atoms with Gasteiger partial charge in [-0.25, -0.2) is 4.39 Å². The highest BCUT2D eigenvalue weighted by Gasteiger charge is 2.21. The van der Waals surface area contributed by atoms with Crippen LogP contribution in [0.3, 0.4) is 0 Å². The highest BCUT2D eigenvalue weighted by atomic mass is 19.1. The maximum absolute atomic E-state index is 14.1. The fraction of sp³-hybridized carbons (Fsp3) is 0.118. The van der Waals surface area contributed by atoms with Crippen LogP contribution >= 0.6 is 0 Å². The van der Waals surface area contributed by atoms with Gasteiger partial charge < -0.3 is 10.3 Å². The molecule has 0 aliphatic carbocycles. The Morgan fingerprint density at radius 3 is 2.43 bits per heavy atom. The summed E-state index contributed by atoms with van der Waals surface area (Å²) < 4.78 is 19.5. The maximum Gasteiger partial charge on any atom is 0.177 e. The third-order valence-corrected chi connectivity index (χ3v) is 3.50. The van der Waals surface area contributed by atoms with Gasteiger partial charge in [0.1, 0.15) is 5.82 Å². The second-order valence-electron chi connectivity index (χ2n) is 4.76. The van der Waals surface area contributed by atoms with E-state index in [1.54, 1.807) is 18.2 Å². The van der Waals surface area contributed by atoms with Crippen molar-refractivity contribution < 1.29 is 8.91 Å². The second-order valence-corrected chi connectivity index (χ2v) is 4.76. The van der Waals surface area contributed by atoms with E-state index in [2.05, 4.69) is 12.1 Å². The first-order chi connectivity index (χ1) is 10.2. The summed E-state index contributed by atoms with van der Waals surface area (Å²) in [5.41, 5.74) is 8.80. The Labute approximate surface area is 122 Å².